The van der Waals surface area contributed by atoms with E-state index in [0.717, 1.165) is 23.2 Å². The van der Waals surface area contributed by atoms with Crippen LogP contribution >= 0.6 is 0 Å². The van der Waals surface area contributed by atoms with E-state index in [4.69, 9.17) is 5.11 Å². The van der Waals surface area contributed by atoms with Crippen LogP contribution in [0.4, 0.5) is 5.69 Å². The minimum Gasteiger partial charge on any atom is -0.481 e. The third-order valence-electron chi connectivity index (χ3n) is 3.45. The Bertz CT molecular complexity index is 496. The van der Waals surface area contributed by atoms with Crippen LogP contribution in [0.15, 0.2) is 18.2 Å². The van der Waals surface area contributed by atoms with Crippen LogP contribution in [0.5, 0.6) is 0 Å². The number of benzene rings is 1. The van der Waals surface area contributed by atoms with Crippen molar-refractivity contribution >= 4 is 17.6 Å². The summed E-state index contributed by atoms with van der Waals surface area (Å²) in [6, 6.07) is 5.78. The first-order chi connectivity index (χ1) is 8.50. The van der Waals surface area contributed by atoms with E-state index >= 15 is 0 Å². The molecule has 0 saturated heterocycles. The van der Waals surface area contributed by atoms with Crippen LogP contribution in [0.3, 0.4) is 0 Å². The first-order valence-electron chi connectivity index (χ1n) is 6.12. The molecule has 0 fully saturated rings. The molecule has 4 heteroatoms. The molecule has 1 aliphatic heterocycles. The molecule has 0 aliphatic carbocycles. The van der Waals surface area contributed by atoms with Gasteiger partial charge >= 0.3 is 5.97 Å². The summed E-state index contributed by atoms with van der Waals surface area (Å²) in [4.78, 5) is 24.1. The van der Waals surface area contributed by atoms with Crippen molar-refractivity contribution in [1.29, 1.82) is 0 Å². The van der Waals surface area contributed by atoms with E-state index in [1.54, 1.807) is 18.7 Å². The molecule has 18 heavy (non-hydrogen) atoms. The summed E-state index contributed by atoms with van der Waals surface area (Å²) < 4.78 is 0. The van der Waals surface area contributed by atoms with E-state index in [-0.39, 0.29) is 5.91 Å². The summed E-state index contributed by atoms with van der Waals surface area (Å²) in [6.45, 7) is 3.96. The van der Waals surface area contributed by atoms with Gasteiger partial charge in [-0.05, 0) is 30.0 Å². The molecule has 1 amide bonds. The van der Waals surface area contributed by atoms with Crippen molar-refractivity contribution in [1.82, 2.24) is 0 Å². The summed E-state index contributed by atoms with van der Waals surface area (Å²) in [7, 11) is 0. The number of hydrogen-bond donors (Lipinski definition) is 1. The Balaban J connectivity index is 2.30. The van der Waals surface area contributed by atoms with Gasteiger partial charge in [-0.2, -0.15) is 0 Å². The van der Waals surface area contributed by atoms with Crippen molar-refractivity contribution in [2.24, 2.45) is 5.92 Å². The second-order valence-electron chi connectivity index (χ2n) is 4.78. The molecular formula is C14H17NO3. The Morgan fingerprint density at radius 1 is 1.44 bits per heavy atom. The van der Waals surface area contributed by atoms with Crippen molar-refractivity contribution in [3.63, 3.8) is 0 Å². The van der Waals surface area contributed by atoms with Gasteiger partial charge in [-0.3, -0.25) is 9.59 Å². The number of carboxylic acids is 1. The van der Waals surface area contributed by atoms with E-state index in [2.05, 4.69) is 0 Å². The summed E-state index contributed by atoms with van der Waals surface area (Å²) in [5, 5.41) is 8.97. The zero-order valence-corrected chi connectivity index (χ0v) is 10.6. The summed E-state index contributed by atoms with van der Waals surface area (Å²) in [5.41, 5.74) is 3.12. The monoisotopic (exact) mass is 247 g/mol. The van der Waals surface area contributed by atoms with Gasteiger partial charge in [-0.25, -0.2) is 0 Å². The lowest BCUT2D eigenvalue weighted by atomic mass is 9.95. The molecule has 1 aromatic carbocycles. The molecular weight excluding hydrogens is 230 g/mol. The molecule has 1 unspecified atom stereocenters. The van der Waals surface area contributed by atoms with E-state index in [1.165, 1.54) is 0 Å². The summed E-state index contributed by atoms with van der Waals surface area (Å²) in [6.07, 6.45) is 1.33. The van der Waals surface area contributed by atoms with E-state index < -0.39 is 11.9 Å². The van der Waals surface area contributed by atoms with Gasteiger partial charge in [0.05, 0.1) is 5.92 Å². The lowest BCUT2D eigenvalue weighted by Gasteiger charge is -2.16. The number of anilines is 1. The Labute approximate surface area is 106 Å². The highest BCUT2D eigenvalue weighted by Gasteiger charge is 2.25. The molecule has 0 radical (unpaired) electrons. The van der Waals surface area contributed by atoms with Crippen LogP contribution in [0.25, 0.3) is 0 Å². The predicted octanol–water partition coefficient (Wildman–Crippen LogP) is 1.86. The third kappa shape index (κ3) is 2.23. The van der Waals surface area contributed by atoms with E-state index in [9.17, 15) is 9.59 Å². The van der Waals surface area contributed by atoms with Crippen molar-refractivity contribution in [2.45, 2.75) is 26.7 Å². The zero-order valence-electron chi connectivity index (χ0n) is 10.6. The van der Waals surface area contributed by atoms with Crippen molar-refractivity contribution in [3.05, 3.63) is 29.3 Å². The fourth-order valence-corrected chi connectivity index (χ4v) is 2.44. The van der Waals surface area contributed by atoms with Gasteiger partial charge in [0.25, 0.3) is 0 Å². The third-order valence-corrected chi connectivity index (χ3v) is 3.45. The standard InChI is InChI=1S/C14H17NO3/c1-9(14(17)18)8-11-4-3-5-13-12(11)6-7-15(13)10(2)16/h3-5,9H,6-8H2,1-2H3,(H,17,18). The highest BCUT2D eigenvalue weighted by molar-refractivity contribution is 5.94. The molecule has 0 spiro atoms. The van der Waals surface area contributed by atoms with Gasteiger partial charge in [0.15, 0.2) is 0 Å². The average Bonchev–Trinajstić information content (AvgIpc) is 2.73. The smallest absolute Gasteiger partial charge is 0.306 e. The van der Waals surface area contributed by atoms with Crippen LogP contribution < -0.4 is 4.90 Å². The van der Waals surface area contributed by atoms with Crippen LogP contribution in [0.1, 0.15) is 25.0 Å². The molecule has 0 bridgehead atoms. The number of fused-ring (bicyclic) bond motifs is 1. The number of rotatable bonds is 3. The maximum Gasteiger partial charge on any atom is 0.306 e. The number of amides is 1. The molecule has 0 aromatic heterocycles. The average molecular weight is 247 g/mol. The molecule has 0 saturated carbocycles. The molecule has 1 heterocycles. The molecule has 1 aliphatic rings. The Kier molecular flexibility index (Phi) is 3.36. The van der Waals surface area contributed by atoms with Gasteiger partial charge in [0, 0.05) is 19.2 Å². The SMILES string of the molecule is CC(=O)N1CCc2c(CC(C)C(=O)O)cccc21. The van der Waals surface area contributed by atoms with Crippen LogP contribution in [-0.4, -0.2) is 23.5 Å². The van der Waals surface area contributed by atoms with E-state index in [0.29, 0.717) is 13.0 Å². The maximum absolute atomic E-state index is 11.5. The summed E-state index contributed by atoms with van der Waals surface area (Å²) in [5.74, 6) is -1.14. The minimum absolute atomic E-state index is 0.0391. The fourth-order valence-electron chi connectivity index (χ4n) is 2.44. The van der Waals surface area contributed by atoms with Crippen molar-refractivity contribution in [2.75, 3.05) is 11.4 Å². The van der Waals surface area contributed by atoms with Crippen LogP contribution in [0, 0.1) is 5.92 Å². The summed E-state index contributed by atoms with van der Waals surface area (Å²) >= 11 is 0. The van der Waals surface area contributed by atoms with Gasteiger partial charge < -0.3 is 10.0 Å². The highest BCUT2D eigenvalue weighted by Crippen LogP contribution is 2.31. The predicted molar refractivity (Wildman–Crippen MR) is 68.7 cm³/mol. The van der Waals surface area contributed by atoms with E-state index in [1.807, 2.05) is 18.2 Å². The van der Waals surface area contributed by atoms with Crippen LogP contribution in [0.2, 0.25) is 0 Å². The Hall–Kier alpha value is -1.84. The number of nitrogens with zero attached hydrogens (tertiary/aromatic N) is 1. The molecule has 96 valence electrons. The first kappa shape index (κ1) is 12.6. The normalized spacial score (nSPS) is 15.3. The fraction of sp³-hybridized carbons (Fsp3) is 0.429. The molecule has 1 atom stereocenters. The Morgan fingerprint density at radius 3 is 2.78 bits per heavy atom. The van der Waals surface area contributed by atoms with Crippen LogP contribution in [-0.2, 0) is 22.4 Å². The molecule has 2 rings (SSSR count). The number of carboxylic acid groups (broad SMARTS) is 1. The van der Waals surface area contributed by atoms with Gasteiger partial charge in [-0.1, -0.05) is 19.1 Å². The molecule has 1 aromatic rings. The number of carbonyl (C=O) groups excluding carboxylic acids is 1. The van der Waals surface area contributed by atoms with Crippen molar-refractivity contribution in [3.8, 4) is 0 Å². The number of aliphatic carboxylic acids is 1. The second-order valence-corrected chi connectivity index (χ2v) is 4.78. The highest BCUT2D eigenvalue weighted by atomic mass is 16.4. The number of carbonyl (C=O) groups is 2. The maximum atomic E-state index is 11.5. The van der Waals surface area contributed by atoms with Crippen molar-refractivity contribution < 1.29 is 14.7 Å². The van der Waals surface area contributed by atoms with Gasteiger partial charge in [-0.15, -0.1) is 0 Å². The molecule has 1 N–H and O–H groups in total. The minimum atomic E-state index is -0.783. The topological polar surface area (TPSA) is 57.6 Å². The largest absolute Gasteiger partial charge is 0.481 e. The number of hydrogen-bond acceptors (Lipinski definition) is 2. The Morgan fingerprint density at radius 2 is 2.17 bits per heavy atom. The quantitative estimate of drug-likeness (QED) is 0.887. The first-order valence-corrected chi connectivity index (χ1v) is 6.12. The molecule has 4 nitrogen and oxygen atoms in total. The van der Waals surface area contributed by atoms with Gasteiger partial charge in [0.1, 0.15) is 0 Å². The second kappa shape index (κ2) is 4.80. The lowest BCUT2D eigenvalue weighted by molar-refractivity contribution is -0.141. The lowest BCUT2D eigenvalue weighted by Crippen LogP contribution is -2.25. The van der Waals surface area contributed by atoms with Gasteiger partial charge in [0.2, 0.25) is 5.91 Å². The zero-order chi connectivity index (χ0) is 13.3.